The molecular weight excluding hydrogens is 240 g/mol. The Morgan fingerprint density at radius 3 is 2.83 bits per heavy atom. The molecule has 1 aromatic carbocycles. The summed E-state index contributed by atoms with van der Waals surface area (Å²) in [6, 6.07) is 4.04. The van der Waals surface area contributed by atoms with E-state index in [1.165, 1.54) is 18.2 Å². The van der Waals surface area contributed by atoms with Crippen LogP contribution in [0.2, 0.25) is 0 Å². The van der Waals surface area contributed by atoms with E-state index in [-0.39, 0.29) is 24.5 Å². The monoisotopic (exact) mass is 254 g/mol. The lowest BCUT2D eigenvalue weighted by Gasteiger charge is -2.07. The summed E-state index contributed by atoms with van der Waals surface area (Å²) in [5.41, 5.74) is 0.102. The van der Waals surface area contributed by atoms with E-state index >= 15 is 0 Å². The zero-order valence-electron chi connectivity index (χ0n) is 9.88. The average molecular weight is 254 g/mol. The first-order valence-corrected chi connectivity index (χ1v) is 5.40. The second kappa shape index (κ2) is 6.55. The molecule has 2 N–H and O–H groups in total. The zero-order chi connectivity index (χ0) is 13.5. The number of nitro groups is 1. The summed E-state index contributed by atoms with van der Waals surface area (Å²) in [5, 5.41) is 22.3. The number of anilines is 1. The quantitative estimate of drug-likeness (QED) is 0.449. The summed E-state index contributed by atoms with van der Waals surface area (Å²) in [6.07, 6.45) is 0. The van der Waals surface area contributed by atoms with Gasteiger partial charge in [0.2, 0.25) is 0 Å². The molecule has 0 atom stereocenters. The highest BCUT2D eigenvalue weighted by atomic mass is 16.6. The molecule has 0 bridgehead atoms. The molecule has 1 rings (SSSR count). The molecule has 0 fully saturated rings. The molecule has 0 aliphatic rings. The maximum atomic E-state index is 11.6. The van der Waals surface area contributed by atoms with Crippen molar-refractivity contribution in [2.75, 3.05) is 25.1 Å². The van der Waals surface area contributed by atoms with E-state index in [2.05, 4.69) is 5.32 Å². The van der Waals surface area contributed by atoms with Gasteiger partial charge in [-0.05, 0) is 19.1 Å². The average Bonchev–Trinajstić information content (AvgIpc) is 2.36. The summed E-state index contributed by atoms with van der Waals surface area (Å²) in [7, 11) is 0. The number of ether oxygens (including phenoxy) is 1. The van der Waals surface area contributed by atoms with Crippen LogP contribution in [0.1, 0.15) is 17.3 Å². The van der Waals surface area contributed by atoms with Crippen molar-refractivity contribution in [3.05, 3.63) is 33.9 Å². The van der Waals surface area contributed by atoms with Crippen molar-refractivity contribution in [1.82, 2.24) is 0 Å². The van der Waals surface area contributed by atoms with Crippen LogP contribution in [0.4, 0.5) is 11.4 Å². The number of esters is 1. The minimum absolute atomic E-state index is 0.0777. The summed E-state index contributed by atoms with van der Waals surface area (Å²) >= 11 is 0. The van der Waals surface area contributed by atoms with Crippen LogP contribution in [0.15, 0.2) is 18.2 Å². The van der Waals surface area contributed by atoms with Gasteiger partial charge in [0.1, 0.15) is 5.56 Å². The summed E-state index contributed by atoms with van der Waals surface area (Å²) in [4.78, 5) is 21.7. The zero-order valence-corrected chi connectivity index (χ0v) is 9.88. The van der Waals surface area contributed by atoms with Gasteiger partial charge >= 0.3 is 5.97 Å². The van der Waals surface area contributed by atoms with Crippen LogP contribution in [-0.4, -0.2) is 35.8 Å². The molecule has 0 amide bonds. The van der Waals surface area contributed by atoms with Gasteiger partial charge in [-0.3, -0.25) is 10.1 Å². The molecule has 98 valence electrons. The van der Waals surface area contributed by atoms with Crippen LogP contribution in [0, 0.1) is 10.1 Å². The Bertz CT molecular complexity index is 447. The number of carbonyl (C=O) groups excluding carboxylic acids is 1. The molecule has 7 nitrogen and oxygen atoms in total. The third-order valence-electron chi connectivity index (χ3n) is 2.13. The molecular formula is C11H14N2O5. The van der Waals surface area contributed by atoms with E-state index in [1.54, 1.807) is 6.92 Å². The van der Waals surface area contributed by atoms with Crippen LogP contribution in [0.3, 0.4) is 0 Å². The number of carbonyl (C=O) groups is 1. The van der Waals surface area contributed by atoms with Crippen LogP contribution < -0.4 is 5.32 Å². The number of nitrogens with zero attached hydrogens (tertiary/aromatic N) is 1. The van der Waals surface area contributed by atoms with Gasteiger partial charge in [-0.1, -0.05) is 0 Å². The molecule has 0 saturated heterocycles. The molecule has 0 aromatic heterocycles. The minimum atomic E-state index is -0.739. The molecule has 0 spiro atoms. The topological polar surface area (TPSA) is 102 Å². The molecule has 0 aliphatic carbocycles. The van der Waals surface area contributed by atoms with Crippen molar-refractivity contribution in [1.29, 1.82) is 0 Å². The predicted octanol–water partition coefficient (Wildman–Crippen LogP) is 1.18. The number of aliphatic hydroxyl groups excluding tert-OH is 1. The van der Waals surface area contributed by atoms with E-state index in [4.69, 9.17) is 9.84 Å². The van der Waals surface area contributed by atoms with Gasteiger partial charge in [-0.2, -0.15) is 0 Å². The standard InChI is InChI=1S/C11H14N2O5/c1-2-18-11(15)9-7-8(12-5-6-14)3-4-10(9)13(16)17/h3-4,7,12,14H,2,5-6H2,1H3. The van der Waals surface area contributed by atoms with E-state index in [0.717, 1.165) is 0 Å². The van der Waals surface area contributed by atoms with Gasteiger partial charge in [-0.25, -0.2) is 4.79 Å². The van der Waals surface area contributed by atoms with Gasteiger partial charge in [-0.15, -0.1) is 0 Å². The first-order valence-electron chi connectivity index (χ1n) is 5.40. The van der Waals surface area contributed by atoms with Crippen LogP contribution in [-0.2, 0) is 4.74 Å². The molecule has 0 aliphatic heterocycles. The third-order valence-corrected chi connectivity index (χ3v) is 2.13. The SMILES string of the molecule is CCOC(=O)c1cc(NCCO)ccc1[N+](=O)[O-]. The van der Waals surface area contributed by atoms with E-state index in [0.29, 0.717) is 12.2 Å². The lowest BCUT2D eigenvalue weighted by Crippen LogP contribution is -2.10. The highest BCUT2D eigenvalue weighted by molar-refractivity contribution is 5.95. The Labute approximate surface area is 104 Å². The number of nitrogens with one attached hydrogen (secondary N) is 1. The Kier molecular flexibility index (Phi) is 5.06. The van der Waals surface area contributed by atoms with E-state index < -0.39 is 10.9 Å². The van der Waals surface area contributed by atoms with Crippen molar-refractivity contribution in [2.45, 2.75) is 6.92 Å². The molecule has 0 unspecified atom stereocenters. The summed E-state index contributed by atoms with van der Waals surface area (Å²) < 4.78 is 4.76. The fourth-order valence-corrected chi connectivity index (χ4v) is 1.38. The maximum absolute atomic E-state index is 11.6. The molecule has 0 saturated carbocycles. The Morgan fingerprint density at radius 2 is 2.28 bits per heavy atom. The first-order chi connectivity index (χ1) is 8.60. The van der Waals surface area contributed by atoms with Crippen molar-refractivity contribution >= 4 is 17.3 Å². The fourth-order valence-electron chi connectivity index (χ4n) is 1.38. The largest absolute Gasteiger partial charge is 0.462 e. The van der Waals surface area contributed by atoms with Gasteiger partial charge in [0, 0.05) is 18.3 Å². The second-order valence-corrected chi connectivity index (χ2v) is 3.36. The number of aliphatic hydroxyl groups is 1. The van der Waals surface area contributed by atoms with Gasteiger partial charge in [0.05, 0.1) is 18.1 Å². The first kappa shape index (κ1) is 13.9. The molecule has 1 aromatic rings. The Balaban J connectivity index is 3.07. The summed E-state index contributed by atoms with van der Waals surface area (Å²) in [6.45, 7) is 1.98. The minimum Gasteiger partial charge on any atom is -0.462 e. The van der Waals surface area contributed by atoms with Gasteiger partial charge in [0.25, 0.3) is 5.69 Å². The number of hydrogen-bond acceptors (Lipinski definition) is 6. The smallest absolute Gasteiger partial charge is 0.345 e. The molecule has 0 radical (unpaired) electrons. The number of rotatable bonds is 6. The number of hydrogen-bond donors (Lipinski definition) is 2. The second-order valence-electron chi connectivity index (χ2n) is 3.36. The normalized spacial score (nSPS) is 9.89. The Hall–Kier alpha value is -2.15. The van der Waals surface area contributed by atoms with Crippen molar-refractivity contribution < 1.29 is 19.6 Å². The molecule has 18 heavy (non-hydrogen) atoms. The Morgan fingerprint density at radius 1 is 1.56 bits per heavy atom. The summed E-state index contributed by atoms with van der Waals surface area (Å²) in [5.74, 6) is -0.739. The highest BCUT2D eigenvalue weighted by Crippen LogP contribution is 2.23. The van der Waals surface area contributed by atoms with E-state index in [9.17, 15) is 14.9 Å². The van der Waals surface area contributed by atoms with Crippen molar-refractivity contribution in [3.63, 3.8) is 0 Å². The lowest BCUT2D eigenvalue weighted by molar-refractivity contribution is -0.385. The fraction of sp³-hybridized carbons (Fsp3) is 0.364. The van der Waals surface area contributed by atoms with Crippen LogP contribution in [0.25, 0.3) is 0 Å². The highest BCUT2D eigenvalue weighted by Gasteiger charge is 2.21. The molecule has 7 heteroatoms. The van der Waals surface area contributed by atoms with Crippen LogP contribution >= 0.6 is 0 Å². The molecule has 0 heterocycles. The van der Waals surface area contributed by atoms with Crippen molar-refractivity contribution in [2.24, 2.45) is 0 Å². The number of benzene rings is 1. The van der Waals surface area contributed by atoms with Gasteiger partial charge < -0.3 is 15.2 Å². The van der Waals surface area contributed by atoms with E-state index in [1.807, 2.05) is 0 Å². The maximum Gasteiger partial charge on any atom is 0.345 e. The lowest BCUT2D eigenvalue weighted by atomic mass is 10.1. The predicted molar refractivity (Wildman–Crippen MR) is 64.6 cm³/mol. The number of nitro benzene ring substituents is 1. The third kappa shape index (κ3) is 3.42. The van der Waals surface area contributed by atoms with Crippen LogP contribution in [0.5, 0.6) is 0 Å². The van der Waals surface area contributed by atoms with Gasteiger partial charge in [0.15, 0.2) is 0 Å². The van der Waals surface area contributed by atoms with Crippen molar-refractivity contribution in [3.8, 4) is 0 Å².